The van der Waals surface area contributed by atoms with E-state index in [9.17, 15) is 22.4 Å². The molecule has 0 saturated heterocycles. The lowest BCUT2D eigenvalue weighted by Crippen LogP contribution is -2.50. The fraction of sp³-hybridized carbons (Fsp3) is 0.333. The summed E-state index contributed by atoms with van der Waals surface area (Å²) in [6.07, 6.45) is 0.924. The van der Waals surface area contributed by atoms with Crippen LogP contribution in [-0.4, -0.2) is 58.1 Å². The lowest BCUT2D eigenvalue weighted by atomic mass is 10.1. The maximum absolute atomic E-state index is 13.6. The van der Waals surface area contributed by atoms with E-state index in [4.69, 9.17) is 16.3 Å². The average molecular weight is 486 g/mol. The molecule has 2 rings (SSSR count). The highest BCUT2D eigenvalue weighted by molar-refractivity contribution is 7.92. The van der Waals surface area contributed by atoms with Gasteiger partial charge in [-0.3, -0.25) is 13.9 Å². The summed E-state index contributed by atoms with van der Waals surface area (Å²) >= 11 is 5.79. The van der Waals surface area contributed by atoms with Gasteiger partial charge in [0.2, 0.25) is 21.8 Å². The van der Waals surface area contributed by atoms with Gasteiger partial charge in [-0.2, -0.15) is 0 Å². The molecule has 0 unspecified atom stereocenters. The molecule has 2 aromatic carbocycles. The molecule has 0 spiro atoms. The van der Waals surface area contributed by atoms with Crippen molar-refractivity contribution in [3.63, 3.8) is 0 Å². The molecule has 32 heavy (non-hydrogen) atoms. The second-order valence-electron chi connectivity index (χ2n) is 7.03. The normalized spacial score (nSPS) is 12.1. The van der Waals surface area contributed by atoms with Crippen LogP contribution < -0.4 is 14.4 Å². The lowest BCUT2D eigenvalue weighted by Gasteiger charge is -2.31. The smallest absolute Gasteiger partial charge is 0.244 e. The van der Waals surface area contributed by atoms with Gasteiger partial charge in [-0.15, -0.1) is 0 Å². The minimum absolute atomic E-state index is 0.0317. The Morgan fingerprint density at radius 2 is 1.81 bits per heavy atom. The summed E-state index contributed by atoms with van der Waals surface area (Å²) in [5.41, 5.74) is 0.745. The third kappa shape index (κ3) is 6.33. The maximum Gasteiger partial charge on any atom is 0.244 e. The van der Waals surface area contributed by atoms with Crippen LogP contribution in [0.25, 0.3) is 0 Å². The van der Waals surface area contributed by atoms with Gasteiger partial charge in [0.05, 0.1) is 24.1 Å². The minimum atomic E-state index is -3.92. The first-order valence-corrected chi connectivity index (χ1v) is 11.8. The van der Waals surface area contributed by atoms with Crippen LogP contribution in [-0.2, 0) is 26.2 Å². The van der Waals surface area contributed by atoms with E-state index >= 15 is 0 Å². The maximum atomic E-state index is 13.6. The van der Waals surface area contributed by atoms with Gasteiger partial charge >= 0.3 is 0 Å². The average Bonchev–Trinajstić information content (AvgIpc) is 2.76. The Bertz CT molecular complexity index is 1080. The molecule has 0 heterocycles. The summed E-state index contributed by atoms with van der Waals surface area (Å²) in [5, 5.41) is 2.21. The number of ether oxygens (including phenoxy) is 1. The number of rotatable bonds is 9. The first kappa shape index (κ1) is 25.4. The van der Waals surface area contributed by atoms with E-state index in [1.807, 2.05) is 0 Å². The molecule has 0 aliphatic rings. The van der Waals surface area contributed by atoms with Crippen molar-refractivity contribution >= 4 is 39.1 Å². The number of amides is 2. The second kappa shape index (κ2) is 10.6. The third-order valence-electron chi connectivity index (χ3n) is 4.80. The molecular weight excluding hydrogens is 461 g/mol. The fourth-order valence-corrected chi connectivity index (χ4v) is 3.99. The first-order valence-electron chi connectivity index (χ1n) is 9.54. The van der Waals surface area contributed by atoms with Crippen LogP contribution >= 0.6 is 11.6 Å². The van der Waals surface area contributed by atoms with Crippen LogP contribution in [0.15, 0.2) is 42.5 Å². The second-order valence-corrected chi connectivity index (χ2v) is 9.34. The summed E-state index contributed by atoms with van der Waals surface area (Å²) in [7, 11) is -0.951. The van der Waals surface area contributed by atoms with Crippen molar-refractivity contribution in [3.05, 3.63) is 58.9 Å². The fourth-order valence-electron chi connectivity index (χ4n) is 2.97. The van der Waals surface area contributed by atoms with Gasteiger partial charge in [0.1, 0.15) is 24.2 Å². The number of carbonyl (C=O) groups excluding carboxylic acids is 2. The molecule has 1 atom stereocenters. The molecule has 0 aliphatic heterocycles. The molecule has 174 valence electrons. The highest BCUT2D eigenvalue weighted by Gasteiger charge is 2.30. The number of benzene rings is 2. The summed E-state index contributed by atoms with van der Waals surface area (Å²) in [4.78, 5) is 26.8. The summed E-state index contributed by atoms with van der Waals surface area (Å²) in [6, 6.07) is 9.38. The van der Waals surface area contributed by atoms with Crippen molar-refractivity contribution in [2.45, 2.75) is 19.5 Å². The number of carbonyl (C=O) groups is 2. The SMILES string of the molecule is CNC(=O)[C@@H](C)N(Cc1ccc(OC)cc1)C(=O)CN(c1ccc(F)c(Cl)c1)S(C)(=O)=O. The van der Waals surface area contributed by atoms with Gasteiger partial charge in [0, 0.05) is 13.6 Å². The Labute approximate surface area is 192 Å². The molecule has 0 saturated carbocycles. The quantitative estimate of drug-likeness (QED) is 0.588. The number of likely N-dealkylation sites (N-methyl/N-ethyl adjacent to an activating group) is 1. The van der Waals surface area contributed by atoms with E-state index < -0.39 is 40.2 Å². The molecule has 0 aromatic heterocycles. The number of sulfonamides is 1. The number of hydrogen-bond donors (Lipinski definition) is 1. The molecule has 0 bridgehead atoms. The molecule has 0 radical (unpaired) electrons. The molecule has 0 fully saturated rings. The van der Waals surface area contributed by atoms with Crippen molar-refractivity contribution in [1.29, 1.82) is 0 Å². The highest BCUT2D eigenvalue weighted by atomic mass is 35.5. The molecule has 8 nitrogen and oxygen atoms in total. The van der Waals surface area contributed by atoms with Crippen molar-refractivity contribution in [2.75, 3.05) is 31.3 Å². The summed E-state index contributed by atoms with van der Waals surface area (Å²) < 4.78 is 44.3. The topological polar surface area (TPSA) is 96.0 Å². The summed E-state index contributed by atoms with van der Waals surface area (Å²) in [6.45, 7) is 0.997. The Hall–Kier alpha value is -2.85. The van der Waals surface area contributed by atoms with E-state index in [0.717, 1.165) is 22.7 Å². The van der Waals surface area contributed by atoms with E-state index in [2.05, 4.69) is 5.32 Å². The Morgan fingerprint density at radius 3 is 2.31 bits per heavy atom. The zero-order valence-corrected chi connectivity index (χ0v) is 19.7. The summed E-state index contributed by atoms with van der Waals surface area (Å²) in [5.74, 6) is -1.13. The molecule has 2 aromatic rings. The number of methoxy groups -OCH3 is 1. The number of nitrogens with zero attached hydrogens (tertiary/aromatic N) is 2. The minimum Gasteiger partial charge on any atom is -0.497 e. The lowest BCUT2D eigenvalue weighted by molar-refractivity contribution is -0.139. The highest BCUT2D eigenvalue weighted by Crippen LogP contribution is 2.25. The van der Waals surface area contributed by atoms with Crippen LogP contribution in [0.4, 0.5) is 10.1 Å². The van der Waals surface area contributed by atoms with Crippen LogP contribution in [0.5, 0.6) is 5.75 Å². The van der Waals surface area contributed by atoms with Crippen LogP contribution in [0.1, 0.15) is 12.5 Å². The van der Waals surface area contributed by atoms with Crippen LogP contribution in [0.2, 0.25) is 5.02 Å². The zero-order chi connectivity index (χ0) is 24.1. The van der Waals surface area contributed by atoms with Gasteiger partial charge in [-0.05, 0) is 42.8 Å². The molecule has 1 N–H and O–H groups in total. The van der Waals surface area contributed by atoms with E-state index in [0.29, 0.717) is 11.3 Å². The van der Waals surface area contributed by atoms with E-state index in [1.54, 1.807) is 31.2 Å². The molecular formula is C21H25ClFN3O5S. The number of nitrogens with one attached hydrogen (secondary N) is 1. The number of halogens is 2. The number of hydrogen-bond acceptors (Lipinski definition) is 5. The largest absolute Gasteiger partial charge is 0.497 e. The predicted octanol–water partition coefficient (Wildman–Crippen LogP) is 2.42. The Balaban J connectivity index is 2.38. The van der Waals surface area contributed by atoms with Crippen LogP contribution in [0.3, 0.4) is 0 Å². The molecule has 11 heteroatoms. The zero-order valence-electron chi connectivity index (χ0n) is 18.1. The Morgan fingerprint density at radius 1 is 1.19 bits per heavy atom. The van der Waals surface area contributed by atoms with Gasteiger partial charge in [-0.1, -0.05) is 23.7 Å². The van der Waals surface area contributed by atoms with Gasteiger partial charge in [0.25, 0.3) is 0 Å². The van der Waals surface area contributed by atoms with Crippen molar-refractivity contribution in [1.82, 2.24) is 10.2 Å². The molecule has 2 amide bonds. The molecule has 0 aliphatic carbocycles. The first-order chi connectivity index (χ1) is 15.0. The number of anilines is 1. The van der Waals surface area contributed by atoms with Crippen molar-refractivity contribution < 1.29 is 27.1 Å². The van der Waals surface area contributed by atoms with E-state index in [-0.39, 0.29) is 17.3 Å². The van der Waals surface area contributed by atoms with Gasteiger partial charge in [0.15, 0.2) is 0 Å². The van der Waals surface area contributed by atoms with Crippen LogP contribution in [0, 0.1) is 5.82 Å². The van der Waals surface area contributed by atoms with Gasteiger partial charge < -0.3 is 15.0 Å². The Kier molecular flexibility index (Phi) is 8.45. The van der Waals surface area contributed by atoms with Crippen molar-refractivity contribution in [3.8, 4) is 5.75 Å². The third-order valence-corrected chi connectivity index (χ3v) is 6.23. The standard InChI is InChI=1S/C21H25ClFN3O5S/c1-14(21(28)24-2)25(12-15-5-8-17(31-3)9-6-15)20(27)13-26(32(4,29)30)16-7-10-19(23)18(22)11-16/h5-11,14H,12-13H2,1-4H3,(H,24,28)/t14-/m1/s1. The van der Waals surface area contributed by atoms with Gasteiger partial charge in [-0.25, -0.2) is 12.8 Å². The van der Waals surface area contributed by atoms with Crippen molar-refractivity contribution in [2.24, 2.45) is 0 Å². The monoisotopic (exact) mass is 485 g/mol. The predicted molar refractivity (Wildman–Crippen MR) is 121 cm³/mol. The van der Waals surface area contributed by atoms with E-state index in [1.165, 1.54) is 25.1 Å².